The number of ether oxygens (including phenoxy) is 1. The van der Waals surface area contributed by atoms with Gasteiger partial charge in [-0.2, -0.15) is 0 Å². The van der Waals surface area contributed by atoms with Crippen molar-refractivity contribution in [1.29, 1.82) is 0 Å². The third kappa shape index (κ3) is 6.42. The van der Waals surface area contributed by atoms with Crippen LogP contribution in [0.5, 0.6) is 0 Å². The SMILES string of the molecule is C=CN=C1CC(C2CCCC2)=CC=C(C(F)F)/C1=C(/C)N1C[C@@H](C)N(C(=O)OC(C)(C)C)C[C@@H]1C. The first-order valence-electron chi connectivity index (χ1n) is 12.8. The Kier molecular flexibility index (Phi) is 8.60. The van der Waals surface area contributed by atoms with E-state index in [1.807, 2.05) is 47.6 Å². The van der Waals surface area contributed by atoms with Crippen molar-refractivity contribution < 1.29 is 18.3 Å². The van der Waals surface area contributed by atoms with Gasteiger partial charge in [-0.1, -0.05) is 37.1 Å². The lowest BCUT2D eigenvalue weighted by atomic mass is 9.90. The summed E-state index contributed by atoms with van der Waals surface area (Å²) in [7, 11) is 0. The Morgan fingerprint density at radius 3 is 2.31 bits per heavy atom. The number of carbonyl (C=O) groups is 1. The van der Waals surface area contributed by atoms with Crippen LogP contribution in [-0.4, -0.2) is 58.8 Å². The summed E-state index contributed by atoms with van der Waals surface area (Å²) in [6.07, 6.45) is 7.12. The van der Waals surface area contributed by atoms with E-state index in [4.69, 9.17) is 4.74 Å². The second-order valence-electron chi connectivity index (χ2n) is 11.0. The summed E-state index contributed by atoms with van der Waals surface area (Å²) in [6.45, 7) is 16.2. The minimum Gasteiger partial charge on any atom is -0.444 e. The minimum absolute atomic E-state index is 0.00511. The van der Waals surface area contributed by atoms with Gasteiger partial charge in [-0.25, -0.2) is 13.6 Å². The molecule has 0 N–H and O–H groups in total. The standard InChI is InChI=1S/C28H41F2N3O2/c1-8-31-24-15-22(21-11-9-10-12-21)13-14-23(26(29)30)25(24)20(4)32-16-19(3)33(17-18(32)2)27(34)35-28(5,6)7/h8,13-14,18-19,21,26H,1,9-12,15-17H2,2-7H3/b25-20+,31-24?/t18-,19+/m0/s1. The summed E-state index contributed by atoms with van der Waals surface area (Å²) in [5, 5.41) is 0. The van der Waals surface area contributed by atoms with Gasteiger partial charge in [0.15, 0.2) is 0 Å². The van der Waals surface area contributed by atoms with Crippen LogP contribution in [0.1, 0.15) is 73.6 Å². The molecule has 0 unspecified atom stereocenters. The van der Waals surface area contributed by atoms with Gasteiger partial charge in [-0.05, 0) is 60.3 Å². The highest BCUT2D eigenvalue weighted by Gasteiger charge is 2.37. The van der Waals surface area contributed by atoms with Gasteiger partial charge in [0.05, 0.1) is 5.71 Å². The molecule has 7 heteroatoms. The topological polar surface area (TPSA) is 45.1 Å². The fourth-order valence-electron chi connectivity index (χ4n) is 5.50. The van der Waals surface area contributed by atoms with Crippen molar-refractivity contribution in [2.75, 3.05) is 13.1 Å². The lowest BCUT2D eigenvalue weighted by molar-refractivity contribution is -0.00420. The molecule has 0 bridgehead atoms. The molecule has 0 aromatic carbocycles. The number of alkyl halides is 2. The van der Waals surface area contributed by atoms with Crippen LogP contribution < -0.4 is 0 Å². The number of hydrogen-bond acceptors (Lipinski definition) is 4. The minimum atomic E-state index is -2.62. The second-order valence-corrected chi connectivity index (χ2v) is 11.0. The van der Waals surface area contributed by atoms with Crippen molar-refractivity contribution in [1.82, 2.24) is 9.80 Å². The third-order valence-electron chi connectivity index (χ3n) is 7.19. The molecule has 1 amide bonds. The van der Waals surface area contributed by atoms with Gasteiger partial charge in [0.1, 0.15) is 5.60 Å². The summed E-state index contributed by atoms with van der Waals surface area (Å²) in [4.78, 5) is 21.2. The maximum Gasteiger partial charge on any atom is 0.410 e. The fourth-order valence-corrected chi connectivity index (χ4v) is 5.50. The van der Waals surface area contributed by atoms with E-state index in [2.05, 4.69) is 16.5 Å². The molecule has 0 radical (unpaired) electrons. The number of carbonyl (C=O) groups excluding carboxylic acids is 1. The number of rotatable bonds is 4. The molecule has 194 valence electrons. The van der Waals surface area contributed by atoms with E-state index in [0.29, 0.717) is 36.7 Å². The molecule has 2 atom stereocenters. The largest absolute Gasteiger partial charge is 0.444 e. The molecule has 0 aromatic rings. The van der Waals surface area contributed by atoms with E-state index in [1.165, 1.54) is 24.6 Å². The normalized spacial score (nSPS) is 27.1. The molecule has 35 heavy (non-hydrogen) atoms. The fraction of sp³-hybridized carbons (Fsp3) is 0.643. The number of amides is 1. The van der Waals surface area contributed by atoms with Crippen molar-refractivity contribution in [3.05, 3.63) is 47.3 Å². The number of aliphatic imine (C=N–C) groups is 1. The molecular formula is C28H41F2N3O2. The Labute approximate surface area is 209 Å². The predicted molar refractivity (Wildman–Crippen MR) is 138 cm³/mol. The third-order valence-corrected chi connectivity index (χ3v) is 7.19. The molecule has 0 spiro atoms. The summed E-state index contributed by atoms with van der Waals surface area (Å²) >= 11 is 0. The van der Waals surface area contributed by atoms with Crippen LogP contribution >= 0.6 is 0 Å². The first-order chi connectivity index (χ1) is 16.4. The van der Waals surface area contributed by atoms with Gasteiger partial charge in [0.25, 0.3) is 6.43 Å². The molecule has 1 saturated carbocycles. The van der Waals surface area contributed by atoms with E-state index in [1.54, 1.807) is 11.0 Å². The quantitative estimate of drug-likeness (QED) is 0.432. The van der Waals surface area contributed by atoms with Gasteiger partial charge in [-0.15, -0.1) is 0 Å². The van der Waals surface area contributed by atoms with Crippen LogP contribution in [0.3, 0.4) is 0 Å². The average Bonchev–Trinajstić information content (AvgIpc) is 3.22. The zero-order valence-electron chi connectivity index (χ0n) is 22.1. The van der Waals surface area contributed by atoms with Gasteiger partial charge in [0.2, 0.25) is 0 Å². The summed E-state index contributed by atoms with van der Waals surface area (Å²) in [5.74, 6) is 0.427. The molecule has 1 aliphatic heterocycles. The summed E-state index contributed by atoms with van der Waals surface area (Å²) < 4.78 is 34.4. The van der Waals surface area contributed by atoms with Crippen LogP contribution in [0.25, 0.3) is 0 Å². The van der Waals surface area contributed by atoms with E-state index < -0.39 is 12.0 Å². The molecule has 3 aliphatic rings. The van der Waals surface area contributed by atoms with E-state index in [-0.39, 0.29) is 23.8 Å². The molecule has 1 heterocycles. The van der Waals surface area contributed by atoms with Crippen molar-refractivity contribution in [3.8, 4) is 0 Å². The summed E-state index contributed by atoms with van der Waals surface area (Å²) in [6, 6.07) is -0.200. The first-order valence-corrected chi connectivity index (χ1v) is 12.8. The molecule has 3 rings (SSSR count). The Bertz CT molecular complexity index is 936. The van der Waals surface area contributed by atoms with Crippen LogP contribution in [0, 0.1) is 5.92 Å². The smallest absolute Gasteiger partial charge is 0.410 e. The van der Waals surface area contributed by atoms with E-state index in [9.17, 15) is 13.6 Å². The highest BCUT2D eigenvalue weighted by Crippen LogP contribution is 2.38. The van der Waals surface area contributed by atoms with Crippen molar-refractivity contribution in [2.45, 2.75) is 97.8 Å². The Hall–Kier alpha value is -2.44. The van der Waals surface area contributed by atoms with Crippen LogP contribution in [-0.2, 0) is 4.74 Å². The number of halogens is 2. The predicted octanol–water partition coefficient (Wildman–Crippen LogP) is 6.89. The Morgan fingerprint density at radius 1 is 1.14 bits per heavy atom. The van der Waals surface area contributed by atoms with E-state index >= 15 is 0 Å². The maximum absolute atomic E-state index is 14.4. The second kappa shape index (κ2) is 11.1. The number of allylic oxidation sites excluding steroid dienone is 6. The van der Waals surface area contributed by atoms with E-state index in [0.717, 1.165) is 18.5 Å². The highest BCUT2D eigenvalue weighted by atomic mass is 19.3. The average molecular weight is 490 g/mol. The van der Waals surface area contributed by atoms with Crippen LogP contribution in [0.2, 0.25) is 0 Å². The van der Waals surface area contributed by atoms with Crippen molar-refractivity contribution >= 4 is 11.8 Å². The van der Waals surface area contributed by atoms with Gasteiger partial charge in [0, 0.05) is 54.6 Å². The molecule has 1 saturated heterocycles. The molecule has 2 fully saturated rings. The van der Waals surface area contributed by atoms with Crippen LogP contribution in [0.4, 0.5) is 13.6 Å². The molecular weight excluding hydrogens is 448 g/mol. The van der Waals surface area contributed by atoms with Crippen LogP contribution in [0.15, 0.2) is 52.3 Å². The van der Waals surface area contributed by atoms with Gasteiger partial charge >= 0.3 is 6.09 Å². The summed E-state index contributed by atoms with van der Waals surface area (Å²) in [5.41, 5.74) is 2.53. The Morgan fingerprint density at radius 2 is 1.74 bits per heavy atom. The van der Waals surface area contributed by atoms with Gasteiger partial charge in [-0.3, -0.25) is 4.99 Å². The molecule has 0 aromatic heterocycles. The first kappa shape index (κ1) is 27.2. The Balaban J connectivity index is 1.95. The maximum atomic E-state index is 14.4. The lowest BCUT2D eigenvalue weighted by Gasteiger charge is -2.46. The monoisotopic (exact) mass is 489 g/mol. The van der Waals surface area contributed by atoms with Crippen molar-refractivity contribution in [2.24, 2.45) is 10.9 Å². The number of piperazine rings is 1. The zero-order chi connectivity index (χ0) is 25.9. The zero-order valence-corrected chi connectivity index (χ0v) is 22.1. The number of nitrogens with zero attached hydrogens (tertiary/aromatic N) is 3. The lowest BCUT2D eigenvalue weighted by Crippen LogP contribution is -2.58. The number of hydrogen-bond donors (Lipinski definition) is 0. The molecule has 5 nitrogen and oxygen atoms in total. The molecule has 2 aliphatic carbocycles. The highest BCUT2D eigenvalue weighted by molar-refractivity contribution is 6.06. The van der Waals surface area contributed by atoms with Gasteiger partial charge < -0.3 is 14.5 Å². The van der Waals surface area contributed by atoms with Crippen molar-refractivity contribution in [3.63, 3.8) is 0 Å².